The Hall–Kier alpha value is -1.79. The van der Waals surface area contributed by atoms with Gasteiger partial charge in [-0.25, -0.2) is 4.98 Å². The molecule has 0 saturated heterocycles. The Morgan fingerprint density at radius 2 is 2.12 bits per heavy atom. The van der Waals surface area contributed by atoms with Gasteiger partial charge >= 0.3 is 6.18 Å². The molecule has 1 aromatic heterocycles. The number of carbonyl (C=O) groups excluding carboxylic acids is 1. The Labute approximate surface area is 96.2 Å². The topological polar surface area (TPSA) is 54.0 Å². The van der Waals surface area contributed by atoms with Crippen molar-refractivity contribution in [1.29, 1.82) is 0 Å². The maximum absolute atomic E-state index is 12.4. The van der Waals surface area contributed by atoms with Crippen LogP contribution in [0.4, 0.5) is 19.0 Å². The van der Waals surface area contributed by atoms with E-state index in [1.807, 2.05) is 0 Å². The van der Waals surface area contributed by atoms with E-state index in [1.54, 1.807) is 0 Å². The summed E-state index contributed by atoms with van der Waals surface area (Å²) in [6, 6.07) is 1.07. The SMILES string of the molecule is CNC(=O)C(C)Nc1cc(C(F)(F)F)ccn1. The molecule has 0 aliphatic rings. The second kappa shape index (κ2) is 5.03. The van der Waals surface area contributed by atoms with Crippen molar-refractivity contribution in [2.45, 2.75) is 19.1 Å². The third-order valence-electron chi connectivity index (χ3n) is 2.09. The Bertz CT molecular complexity index is 406. The number of hydrogen-bond donors (Lipinski definition) is 2. The van der Waals surface area contributed by atoms with Crippen molar-refractivity contribution in [2.24, 2.45) is 0 Å². The summed E-state index contributed by atoms with van der Waals surface area (Å²) in [5.74, 6) is -0.319. The fraction of sp³-hybridized carbons (Fsp3) is 0.400. The first kappa shape index (κ1) is 13.3. The van der Waals surface area contributed by atoms with Gasteiger partial charge in [0.05, 0.1) is 5.56 Å². The van der Waals surface area contributed by atoms with E-state index >= 15 is 0 Å². The number of likely N-dealkylation sites (N-methyl/N-ethyl adjacent to an activating group) is 1. The number of amides is 1. The zero-order chi connectivity index (χ0) is 13.1. The monoisotopic (exact) mass is 247 g/mol. The van der Waals surface area contributed by atoms with Gasteiger partial charge in [-0.15, -0.1) is 0 Å². The fourth-order valence-corrected chi connectivity index (χ4v) is 1.19. The van der Waals surface area contributed by atoms with Crippen LogP contribution >= 0.6 is 0 Å². The zero-order valence-electron chi connectivity index (χ0n) is 9.30. The lowest BCUT2D eigenvalue weighted by atomic mass is 10.2. The van der Waals surface area contributed by atoms with Gasteiger partial charge in [0.2, 0.25) is 5.91 Å². The number of nitrogens with one attached hydrogen (secondary N) is 2. The number of halogens is 3. The third kappa shape index (κ3) is 3.61. The van der Waals surface area contributed by atoms with Crippen LogP contribution in [0, 0.1) is 0 Å². The summed E-state index contributed by atoms with van der Waals surface area (Å²) in [5, 5.41) is 4.96. The molecule has 0 saturated carbocycles. The van der Waals surface area contributed by atoms with Crippen molar-refractivity contribution in [3.05, 3.63) is 23.9 Å². The van der Waals surface area contributed by atoms with Crippen molar-refractivity contribution in [3.63, 3.8) is 0 Å². The molecule has 0 spiro atoms. The van der Waals surface area contributed by atoms with Crippen LogP contribution in [0.2, 0.25) is 0 Å². The minimum atomic E-state index is -4.42. The predicted octanol–water partition coefficient (Wildman–Crippen LogP) is 1.65. The summed E-state index contributed by atoms with van der Waals surface area (Å²) < 4.78 is 37.2. The summed E-state index contributed by atoms with van der Waals surface area (Å²) in [6.07, 6.45) is -3.38. The molecule has 0 radical (unpaired) electrons. The van der Waals surface area contributed by atoms with Crippen molar-refractivity contribution in [1.82, 2.24) is 10.3 Å². The summed E-state index contributed by atoms with van der Waals surface area (Å²) in [6.45, 7) is 1.53. The molecule has 4 nitrogen and oxygen atoms in total. The van der Waals surface area contributed by atoms with E-state index in [4.69, 9.17) is 0 Å². The zero-order valence-corrected chi connectivity index (χ0v) is 9.30. The summed E-state index contributed by atoms with van der Waals surface area (Å²) in [4.78, 5) is 14.9. The lowest BCUT2D eigenvalue weighted by Gasteiger charge is -2.14. The Balaban J connectivity index is 2.83. The molecule has 0 aliphatic heterocycles. The molecule has 1 heterocycles. The van der Waals surface area contributed by atoms with Crippen LogP contribution in [-0.2, 0) is 11.0 Å². The number of alkyl halides is 3. The lowest BCUT2D eigenvalue weighted by Crippen LogP contribution is -2.35. The van der Waals surface area contributed by atoms with Crippen LogP contribution in [0.15, 0.2) is 18.3 Å². The average Bonchev–Trinajstić information content (AvgIpc) is 2.27. The maximum Gasteiger partial charge on any atom is 0.416 e. The van der Waals surface area contributed by atoms with E-state index in [0.717, 1.165) is 18.3 Å². The first-order valence-corrected chi connectivity index (χ1v) is 4.86. The number of hydrogen-bond acceptors (Lipinski definition) is 3. The Morgan fingerprint density at radius 1 is 1.47 bits per heavy atom. The van der Waals surface area contributed by atoms with Gasteiger partial charge in [0.25, 0.3) is 0 Å². The molecule has 1 unspecified atom stereocenters. The van der Waals surface area contributed by atoms with E-state index in [9.17, 15) is 18.0 Å². The molecule has 1 amide bonds. The van der Waals surface area contributed by atoms with Crippen LogP contribution in [0.1, 0.15) is 12.5 Å². The van der Waals surface area contributed by atoms with Crippen LogP contribution in [0.25, 0.3) is 0 Å². The largest absolute Gasteiger partial charge is 0.416 e. The summed E-state index contributed by atoms with van der Waals surface area (Å²) in [5.41, 5.74) is -0.806. The Morgan fingerprint density at radius 3 is 2.65 bits per heavy atom. The minimum Gasteiger partial charge on any atom is -0.359 e. The van der Waals surface area contributed by atoms with Gasteiger partial charge in [0.15, 0.2) is 0 Å². The van der Waals surface area contributed by atoms with Gasteiger partial charge in [-0.3, -0.25) is 4.79 Å². The van der Waals surface area contributed by atoms with Gasteiger partial charge in [0, 0.05) is 13.2 Å². The van der Waals surface area contributed by atoms with E-state index in [1.165, 1.54) is 14.0 Å². The fourth-order valence-electron chi connectivity index (χ4n) is 1.19. The normalized spacial score (nSPS) is 13.0. The molecule has 1 rings (SSSR count). The molecule has 7 heteroatoms. The van der Waals surface area contributed by atoms with Gasteiger partial charge in [0.1, 0.15) is 11.9 Å². The molecule has 17 heavy (non-hydrogen) atoms. The smallest absolute Gasteiger partial charge is 0.359 e. The highest BCUT2D eigenvalue weighted by molar-refractivity contribution is 5.83. The molecule has 1 aromatic rings. The van der Waals surface area contributed by atoms with Crippen LogP contribution in [0.3, 0.4) is 0 Å². The lowest BCUT2D eigenvalue weighted by molar-refractivity contribution is -0.137. The maximum atomic E-state index is 12.4. The molecular weight excluding hydrogens is 235 g/mol. The van der Waals surface area contributed by atoms with E-state index in [2.05, 4.69) is 15.6 Å². The van der Waals surface area contributed by atoms with Crippen LogP contribution in [-0.4, -0.2) is 24.0 Å². The summed E-state index contributed by atoms with van der Waals surface area (Å²) >= 11 is 0. The molecule has 0 aliphatic carbocycles. The third-order valence-corrected chi connectivity index (χ3v) is 2.09. The molecule has 0 bridgehead atoms. The van der Waals surface area contributed by atoms with E-state index in [0.29, 0.717) is 0 Å². The number of rotatable bonds is 3. The molecular formula is C10H12F3N3O. The second-order valence-electron chi connectivity index (χ2n) is 3.41. The van der Waals surface area contributed by atoms with E-state index in [-0.39, 0.29) is 11.7 Å². The number of anilines is 1. The van der Waals surface area contributed by atoms with Gasteiger partial charge in [-0.05, 0) is 19.1 Å². The first-order chi connectivity index (χ1) is 7.84. The molecule has 2 N–H and O–H groups in total. The van der Waals surface area contributed by atoms with Crippen LogP contribution in [0.5, 0.6) is 0 Å². The number of aromatic nitrogens is 1. The van der Waals surface area contributed by atoms with E-state index < -0.39 is 17.8 Å². The molecule has 1 atom stereocenters. The van der Waals surface area contributed by atoms with Crippen molar-refractivity contribution < 1.29 is 18.0 Å². The first-order valence-electron chi connectivity index (χ1n) is 4.86. The highest BCUT2D eigenvalue weighted by Crippen LogP contribution is 2.29. The predicted molar refractivity (Wildman–Crippen MR) is 56.4 cm³/mol. The highest BCUT2D eigenvalue weighted by Gasteiger charge is 2.30. The quantitative estimate of drug-likeness (QED) is 0.853. The molecule has 94 valence electrons. The van der Waals surface area contributed by atoms with Crippen molar-refractivity contribution in [2.75, 3.05) is 12.4 Å². The van der Waals surface area contributed by atoms with Gasteiger partial charge < -0.3 is 10.6 Å². The van der Waals surface area contributed by atoms with Crippen molar-refractivity contribution in [3.8, 4) is 0 Å². The number of carbonyl (C=O) groups is 1. The average molecular weight is 247 g/mol. The number of nitrogens with zero attached hydrogens (tertiary/aromatic N) is 1. The standard InChI is InChI=1S/C10H12F3N3O/c1-6(9(17)14-2)16-8-5-7(3-4-15-8)10(11,12)13/h3-6H,1-2H3,(H,14,17)(H,15,16). The van der Waals surface area contributed by atoms with Crippen molar-refractivity contribution >= 4 is 11.7 Å². The van der Waals surface area contributed by atoms with Crippen LogP contribution < -0.4 is 10.6 Å². The number of pyridine rings is 1. The molecule has 0 fully saturated rings. The second-order valence-corrected chi connectivity index (χ2v) is 3.41. The minimum absolute atomic E-state index is 0.0101. The molecule has 0 aromatic carbocycles. The van der Waals surface area contributed by atoms with Gasteiger partial charge in [-0.1, -0.05) is 0 Å². The highest BCUT2D eigenvalue weighted by atomic mass is 19.4. The summed E-state index contributed by atoms with van der Waals surface area (Å²) in [7, 11) is 1.44. The van der Waals surface area contributed by atoms with Gasteiger partial charge in [-0.2, -0.15) is 13.2 Å². The Kier molecular flexibility index (Phi) is 3.93.